The Balaban J connectivity index is 1.64. The Morgan fingerprint density at radius 1 is 1.07 bits per heavy atom. The number of nitrogen functional groups attached to an aromatic ring is 1. The molecule has 1 aromatic heterocycles. The highest BCUT2D eigenvalue weighted by Crippen LogP contribution is 2.37. The van der Waals surface area contributed by atoms with E-state index in [4.69, 9.17) is 22.1 Å². The molecule has 3 aromatic rings. The van der Waals surface area contributed by atoms with Crippen molar-refractivity contribution in [3.05, 3.63) is 69.0 Å². The van der Waals surface area contributed by atoms with Crippen LogP contribution in [0.25, 0.3) is 11.1 Å². The highest BCUT2D eigenvalue weighted by molar-refractivity contribution is 14.1. The fourth-order valence-corrected chi connectivity index (χ4v) is 4.80. The molecule has 3 N–H and O–H groups in total. The Kier molecular flexibility index (Phi) is 6.21. The number of ether oxygens (including phenoxy) is 1. The average Bonchev–Trinajstić information content (AvgIpc) is 2.74. The Bertz CT molecular complexity index is 1030. The first kappa shape index (κ1) is 21.0. The van der Waals surface area contributed by atoms with Gasteiger partial charge in [-0.25, -0.2) is 9.97 Å². The quantitative estimate of drug-likeness (QED) is 0.475. The highest BCUT2D eigenvalue weighted by atomic mass is 127. The van der Waals surface area contributed by atoms with E-state index >= 15 is 0 Å². The minimum absolute atomic E-state index is 0.0487. The number of aromatic nitrogens is 2. The molecule has 1 saturated heterocycles. The lowest BCUT2D eigenvalue weighted by Crippen LogP contribution is -2.44. The summed E-state index contributed by atoms with van der Waals surface area (Å²) >= 11 is 8.35. The van der Waals surface area contributed by atoms with Gasteiger partial charge in [-0.2, -0.15) is 0 Å². The predicted octanol–water partition coefficient (Wildman–Crippen LogP) is 4.67. The van der Waals surface area contributed by atoms with Crippen LogP contribution in [0.15, 0.2) is 54.9 Å². The fraction of sp³-hybridized carbons (Fsp3) is 0.227. The summed E-state index contributed by atoms with van der Waals surface area (Å²) in [6.07, 6.45) is 4.60. The Hall–Kier alpha value is -2.23. The van der Waals surface area contributed by atoms with Gasteiger partial charge in [0, 0.05) is 45.5 Å². The summed E-state index contributed by atoms with van der Waals surface area (Å²) in [5.41, 5.74) is 8.39. The van der Waals surface area contributed by atoms with Crippen LogP contribution in [-0.2, 0) is 14.9 Å². The third-order valence-electron chi connectivity index (χ3n) is 5.34. The van der Waals surface area contributed by atoms with Crippen LogP contribution in [0.3, 0.4) is 0 Å². The van der Waals surface area contributed by atoms with E-state index in [1.807, 2.05) is 36.4 Å². The maximum Gasteiger partial charge on any atom is 0.235 e. The number of nitrogens with two attached hydrogens (primary N) is 1. The van der Waals surface area contributed by atoms with Gasteiger partial charge in [-0.3, -0.25) is 4.79 Å². The van der Waals surface area contributed by atoms with Crippen molar-refractivity contribution in [3.8, 4) is 11.1 Å². The molecule has 0 unspecified atom stereocenters. The number of carbonyl (C=O) groups is 1. The zero-order valence-corrected chi connectivity index (χ0v) is 19.0. The maximum atomic E-state index is 13.5. The molecular formula is C22H20ClIN4O2. The number of benzene rings is 2. The van der Waals surface area contributed by atoms with E-state index in [0.717, 1.165) is 20.3 Å². The van der Waals surface area contributed by atoms with Gasteiger partial charge in [-0.15, -0.1) is 0 Å². The number of rotatable bonds is 4. The molecule has 0 bridgehead atoms. The maximum absolute atomic E-state index is 13.5. The van der Waals surface area contributed by atoms with E-state index in [1.165, 1.54) is 0 Å². The van der Waals surface area contributed by atoms with E-state index < -0.39 is 5.41 Å². The first-order valence-corrected chi connectivity index (χ1v) is 11.0. The summed E-state index contributed by atoms with van der Waals surface area (Å²) in [4.78, 5) is 21.5. The van der Waals surface area contributed by atoms with Gasteiger partial charge in [0.1, 0.15) is 0 Å². The molecule has 30 heavy (non-hydrogen) atoms. The number of carbonyl (C=O) groups excluding carboxylic acids is 1. The van der Waals surface area contributed by atoms with Crippen molar-refractivity contribution in [1.29, 1.82) is 0 Å². The molecule has 0 saturated carbocycles. The SMILES string of the molecule is Nc1ncc(-c2ccc(C3(C(=O)Nc4cc(Cl)cc(I)c4)CCOCC3)cc2)cn1. The number of nitrogens with one attached hydrogen (secondary N) is 1. The molecule has 4 rings (SSSR count). The van der Waals surface area contributed by atoms with Crippen molar-refractivity contribution in [2.45, 2.75) is 18.3 Å². The van der Waals surface area contributed by atoms with Crippen molar-refractivity contribution in [3.63, 3.8) is 0 Å². The molecule has 0 spiro atoms. The minimum Gasteiger partial charge on any atom is -0.381 e. The van der Waals surface area contributed by atoms with Gasteiger partial charge in [-0.05, 0) is 64.8 Å². The van der Waals surface area contributed by atoms with E-state index in [-0.39, 0.29) is 11.9 Å². The van der Waals surface area contributed by atoms with Gasteiger partial charge in [0.2, 0.25) is 11.9 Å². The average molecular weight is 535 g/mol. The van der Waals surface area contributed by atoms with Gasteiger partial charge in [0.25, 0.3) is 0 Å². The van der Waals surface area contributed by atoms with E-state index in [0.29, 0.717) is 36.8 Å². The van der Waals surface area contributed by atoms with Gasteiger partial charge in [0.05, 0.1) is 5.41 Å². The second-order valence-corrected chi connectivity index (χ2v) is 8.90. The molecule has 1 aliphatic heterocycles. The van der Waals surface area contributed by atoms with Crippen LogP contribution in [0.4, 0.5) is 11.6 Å². The molecule has 1 aliphatic rings. The van der Waals surface area contributed by atoms with Crippen molar-refractivity contribution in [2.24, 2.45) is 0 Å². The zero-order chi connectivity index (χ0) is 21.1. The van der Waals surface area contributed by atoms with Crippen LogP contribution in [0, 0.1) is 3.57 Å². The van der Waals surface area contributed by atoms with E-state index in [2.05, 4.69) is 37.9 Å². The van der Waals surface area contributed by atoms with Crippen LogP contribution < -0.4 is 11.1 Å². The predicted molar refractivity (Wildman–Crippen MR) is 126 cm³/mol. The summed E-state index contributed by atoms with van der Waals surface area (Å²) < 4.78 is 6.52. The topological polar surface area (TPSA) is 90.1 Å². The first-order valence-electron chi connectivity index (χ1n) is 9.50. The zero-order valence-electron chi connectivity index (χ0n) is 16.1. The minimum atomic E-state index is -0.665. The molecular weight excluding hydrogens is 515 g/mol. The molecule has 1 amide bonds. The monoisotopic (exact) mass is 534 g/mol. The molecule has 2 aromatic carbocycles. The van der Waals surface area contributed by atoms with Gasteiger partial charge in [0.15, 0.2) is 0 Å². The molecule has 8 heteroatoms. The number of halogens is 2. The summed E-state index contributed by atoms with van der Waals surface area (Å²) in [7, 11) is 0. The van der Waals surface area contributed by atoms with Gasteiger partial charge < -0.3 is 15.8 Å². The molecule has 6 nitrogen and oxygen atoms in total. The van der Waals surface area contributed by atoms with Crippen LogP contribution in [0.1, 0.15) is 18.4 Å². The third-order valence-corrected chi connectivity index (χ3v) is 6.19. The largest absolute Gasteiger partial charge is 0.381 e. The Morgan fingerprint density at radius 2 is 1.73 bits per heavy atom. The van der Waals surface area contributed by atoms with Crippen LogP contribution in [0.5, 0.6) is 0 Å². The Morgan fingerprint density at radius 3 is 2.37 bits per heavy atom. The number of hydrogen-bond donors (Lipinski definition) is 2. The van der Waals surface area contributed by atoms with Crippen molar-refractivity contribution >= 4 is 51.7 Å². The first-order chi connectivity index (χ1) is 14.5. The Labute approximate surface area is 193 Å². The van der Waals surface area contributed by atoms with Crippen LogP contribution in [-0.4, -0.2) is 29.1 Å². The molecule has 0 radical (unpaired) electrons. The number of hydrogen-bond acceptors (Lipinski definition) is 5. The molecule has 0 atom stereocenters. The van der Waals surface area contributed by atoms with Crippen molar-refractivity contribution < 1.29 is 9.53 Å². The molecule has 2 heterocycles. The lowest BCUT2D eigenvalue weighted by atomic mass is 9.73. The summed E-state index contributed by atoms with van der Waals surface area (Å²) in [5.74, 6) is 0.191. The second-order valence-electron chi connectivity index (χ2n) is 7.21. The highest BCUT2D eigenvalue weighted by Gasteiger charge is 2.41. The smallest absolute Gasteiger partial charge is 0.235 e. The standard InChI is InChI=1S/C22H20ClIN4O2/c23-17-9-18(24)11-19(10-17)28-20(29)22(5-7-30-8-6-22)16-3-1-14(2-4-16)15-12-26-21(25)27-13-15/h1-4,9-13H,5-8H2,(H,28,29)(H2,25,26,27). The van der Waals surface area contributed by atoms with Crippen LogP contribution in [0.2, 0.25) is 5.02 Å². The molecule has 154 valence electrons. The summed E-state index contributed by atoms with van der Waals surface area (Å²) in [6, 6.07) is 13.5. The third kappa shape index (κ3) is 4.43. The number of nitrogens with zero attached hydrogens (tertiary/aromatic N) is 2. The van der Waals surface area contributed by atoms with Gasteiger partial charge in [-0.1, -0.05) is 35.9 Å². The van der Waals surface area contributed by atoms with Crippen molar-refractivity contribution in [2.75, 3.05) is 24.3 Å². The van der Waals surface area contributed by atoms with E-state index in [1.54, 1.807) is 18.5 Å². The number of amides is 1. The molecule has 1 fully saturated rings. The van der Waals surface area contributed by atoms with Crippen molar-refractivity contribution in [1.82, 2.24) is 9.97 Å². The summed E-state index contributed by atoms with van der Waals surface area (Å²) in [6.45, 7) is 1.07. The number of anilines is 2. The van der Waals surface area contributed by atoms with Crippen LogP contribution >= 0.6 is 34.2 Å². The lowest BCUT2D eigenvalue weighted by molar-refractivity contribution is -0.125. The normalized spacial score (nSPS) is 15.5. The second kappa shape index (κ2) is 8.87. The van der Waals surface area contributed by atoms with Gasteiger partial charge >= 0.3 is 0 Å². The summed E-state index contributed by atoms with van der Waals surface area (Å²) in [5, 5.41) is 3.66. The molecule has 0 aliphatic carbocycles. The lowest BCUT2D eigenvalue weighted by Gasteiger charge is -2.36. The fourth-order valence-electron chi connectivity index (χ4n) is 3.71. The van der Waals surface area contributed by atoms with E-state index in [9.17, 15) is 4.79 Å².